The molecule has 6 aromatic carbocycles. The molecule has 0 atom stereocenters. The molecule has 0 amide bonds. The van der Waals surface area contributed by atoms with Gasteiger partial charge in [0.2, 0.25) is 0 Å². The van der Waals surface area contributed by atoms with E-state index in [0.29, 0.717) is 0 Å². The van der Waals surface area contributed by atoms with Crippen LogP contribution in [0.1, 0.15) is 22.3 Å². The number of aryl methyl sites for hydroxylation is 4. The van der Waals surface area contributed by atoms with Crippen LogP contribution in [0.15, 0.2) is 97.1 Å². The second kappa shape index (κ2) is 8.76. The molecule has 192 valence electrons. The summed E-state index contributed by atoms with van der Waals surface area (Å²) in [7, 11) is 0. The van der Waals surface area contributed by atoms with E-state index >= 15 is 0 Å². The lowest BCUT2D eigenvalue weighted by Gasteiger charge is -2.07. The second-order valence-corrected chi connectivity index (χ2v) is 13.4. The van der Waals surface area contributed by atoms with E-state index < -0.39 is 0 Å². The first-order valence-corrected chi connectivity index (χ1v) is 15.5. The first-order chi connectivity index (χ1) is 19.4. The molecule has 2 heterocycles. The number of hydrogen-bond donors (Lipinski definition) is 0. The summed E-state index contributed by atoms with van der Waals surface area (Å²) in [5, 5.41) is 8.23. The molecular formula is C38H28S2. The van der Waals surface area contributed by atoms with Crippen LogP contribution in [0.4, 0.5) is 0 Å². The van der Waals surface area contributed by atoms with Crippen LogP contribution < -0.4 is 0 Å². The van der Waals surface area contributed by atoms with E-state index in [1.165, 1.54) is 95.6 Å². The maximum atomic E-state index is 2.40. The SMILES string of the molecule is Cc1cc(C)cc(-c2ccc3c(c2)sc2c4sc5cc(-c6cc(C)cc(C)c6)ccc5c4c4ccccc4c32)c1. The van der Waals surface area contributed by atoms with Gasteiger partial charge < -0.3 is 0 Å². The molecule has 2 heteroatoms. The van der Waals surface area contributed by atoms with Gasteiger partial charge in [-0.1, -0.05) is 107 Å². The van der Waals surface area contributed by atoms with Crippen LogP contribution in [0, 0.1) is 27.7 Å². The standard InChI is InChI=1S/C38H28S2/c1-21-13-22(2)16-27(15-21)25-9-11-31-33(19-25)39-37-35(31)29-7-5-6-8-30(29)36-32-12-10-26(20-34(32)40-38(36)37)28-17-23(3)14-24(4)18-28/h5-20H,1-4H3. The molecule has 0 aliphatic heterocycles. The van der Waals surface area contributed by atoms with E-state index in [2.05, 4.69) is 125 Å². The highest BCUT2D eigenvalue weighted by Crippen LogP contribution is 2.50. The normalized spacial score (nSPS) is 12.0. The minimum absolute atomic E-state index is 1.29. The Morgan fingerprint density at radius 1 is 0.375 bits per heavy atom. The summed E-state index contributed by atoms with van der Waals surface area (Å²) in [4.78, 5) is 0. The predicted molar refractivity (Wildman–Crippen MR) is 180 cm³/mol. The molecule has 0 aliphatic rings. The summed E-state index contributed by atoms with van der Waals surface area (Å²) in [6, 6.07) is 36.8. The van der Waals surface area contributed by atoms with Gasteiger partial charge in [0.05, 0.1) is 9.40 Å². The Morgan fingerprint density at radius 3 is 1.18 bits per heavy atom. The maximum absolute atomic E-state index is 2.40. The molecule has 0 radical (unpaired) electrons. The van der Waals surface area contributed by atoms with Crippen LogP contribution in [-0.4, -0.2) is 0 Å². The van der Waals surface area contributed by atoms with Crippen molar-refractivity contribution in [2.45, 2.75) is 27.7 Å². The average molecular weight is 549 g/mol. The van der Waals surface area contributed by atoms with Gasteiger partial charge in [-0.25, -0.2) is 0 Å². The van der Waals surface area contributed by atoms with E-state index in [9.17, 15) is 0 Å². The Labute approximate surface area is 242 Å². The van der Waals surface area contributed by atoms with Gasteiger partial charge in [0.15, 0.2) is 0 Å². The summed E-state index contributed by atoms with van der Waals surface area (Å²) in [5.74, 6) is 0. The number of hydrogen-bond acceptors (Lipinski definition) is 2. The van der Waals surface area contributed by atoms with Crippen molar-refractivity contribution in [3.63, 3.8) is 0 Å². The zero-order valence-corrected chi connectivity index (χ0v) is 24.7. The van der Waals surface area contributed by atoms with Crippen LogP contribution in [0.5, 0.6) is 0 Å². The molecule has 0 unspecified atom stereocenters. The zero-order valence-electron chi connectivity index (χ0n) is 23.1. The van der Waals surface area contributed by atoms with Gasteiger partial charge in [0, 0.05) is 30.9 Å². The number of benzene rings is 6. The van der Waals surface area contributed by atoms with Crippen molar-refractivity contribution in [1.29, 1.82) is 0 Å². The molecule has 0 spiro atoms. The van der Waals surface area contributed by atoms with Crippen LogP contribution in [-0.2, 0) is 0 Å². The van der Waals surface area contributed by atoms with Gasteiger partial charge in [-0.3, -0.25) is 0 Å². The first kappa shape index (κ1) is 23.9. The average Bonchev–Trinajstić information content (AvgIpc) is 3.50. The van der Waals surface area contributed by atoms with Crippen molar-refractivity contribution < 1.29 is 0 Å². The molecule has 0 saturated carbocycles. The third kappa shape index (κ3) is 3.63. The Balaban J connectivity index is 1.43. The van der Waals surface area contributed by atoms with E-state index in [-0.39, 0.29) is 0 Å². The second-order valence-electron chi connectivity index (χ2n) is 11.3. The van der Waals surface area contributed by atoms with Crippen molar-refractivity contribution >= 4 is 73.8 Å². The highest BCUT2D eigenvalue weighted by molar-refractivity contribution is 7.33. The predicted octanol–water partition coefficient (Wildman–Crippen LogP) is 12.1. The minimum atomic E-state index is 1.29. The topological polar surface area (TPSA) is 0 Å². The molecule has 0 fully saturated rings. The Bertz CT molecular complexity index is 2100. The van der Waals surface area contributed by atoms with E-state index in [0.717, 1.165) is 0 Å². The highest BCUT2D eigenvalue weighted by atomic mass is 32.1. The molecule has 40 heavy (non-hydrogen) atoms. The van der Waals surface area contributed by atoms with Crippen molar-refractivity contribution in [2.24, 2.45) is 0 Å². The number of rotatable bonds is 2. The molecule has 0 saturated heterocycles. The fourth-order valence-electron chi connectivity index (χ4n) is 6.61. The number of thiophene rings is 2. The summed E-state index contributed by atoms with van der Waals surface area (Å²) in [6.45, 7) is 8.74. The molecule has 0 aliphatic carbocycles. The highest BCUT2D eigenvalue weighted by Gasteiger charge is 2.19. The summed E-state index contributed by atoms with van der Waals surface area (Å²) >= 11 is 3.91. The lowest BCUT2D eigenvalue weighted by molar-refractivity contribution is 1.38. The third-order valence-electron chi connectivity index (χ3n) is 8.16. The van der Waals surface area contributed by atoms with Crippen LogP contribution in [0.25, 0.3) is 73.4 Å². The summed E-state index contributed by atoms with van der Waals surface area (Å²) in [6.07, 6.45) is 0. The van der Waals surface area contributed by atoms with Gasteiger partial charge in [-0.05, 0) is 72.9 Å². The largest absolute Gasteiger partial charge is 0.134 e. The maximum Gasteiger partial charge on any atom is 0.0540 e. The van der Waals surface area contributed by atoms with Gasteiger partial charge in [-0.2, -0.15) is 0 Å². The minimum Gasteiger partial charge on any atom is -0.134 e. The molecule has 8 aromatic rings. The number of fused-ring (bicyclic) bond motifs is 10. The molecule has 0 bridgehead atoms. The zero-order chi connectivity index (χ0) is 27.1. The molecule has 8 rings (SSSR count). The van der Waals surface area contributed by atoms with Gasteiger partial charge >= 0.3 is 0 Å². The van der Waals surface area contributed by atoms with E-state index in [1.807, 2.05) is 22.7 Å². The molecule has 0 nitrogen and oxygen atoms in total. The quantitative estimate of drug-likeness (QED) is 0.201. The Kier molecular flexibility index (Phi) is 5.23. The smallest absolute Gasteiger partial charge is 0.0540 e. The molecule has 0 N–H and O–H groups in total. The van der Waals surface area contributed by atoms with Gasteiger partial charge in [0.1, 0.15) is 0 Å². The monoisotopic (exact) mass is 548 g/mol. The fraction of sp³-hybridized carbons (Fsp3) is 0.105. The first-order valence-electron chi connectivity index (χ1n) is 13.8. The summed E-state index contributed by atoms with van der Waals surface area (Å²) in [5.41, 5.74) is 10.4. The lowest BCUT2D eigenvalue weighted by Crippen LogP contribution is -1.83. The Morgan fingerprint density at radius 2 is 0.775 bits per heavy atom. The van der Waals surface area contributed by atoms with Gasteiger partial charge in [-0.15, -0.1) is 22.7 Å². The Hall–Kier alpha value is -3.98. The van der Waals surface area contributed by atoms with Crippen molar-refractivity contribution in [3.8, 4) is 22.3 Å². The summed E-state index contributed by atoms with van der Waals surface area (Å²) < 4.78 is 5.54. The molecular weight excluding hydrogens is 521 g/mol. The van der Waals surface area contributed by atoms with Gasteiger partial charge in [0.25, 0.3) is 0 Å². The lowest BCUT2D eigenvalue weighted by atomic mass is 9.96. The van der Waals surface area contributed by atoms with Crippen LogP contribution in [0.3, 0.4) is 0 Å². The van der Waals surface area contributed by atoms with Crippen molar-refractivity contribution in [2.75, 3.05) is 0 Å². The fourth-order valence-corrected chi connectivity index (χ4v) is 9.26. The van der Waals surface area contributed by atoms with Crippen molar-refractivity contribution in [1.82, 2.24) is 0 Å². The van der Waals surface area contributed by atoms with E-state index in [4.69, 9.17) is 0 Å². The van der Waals surface area contributed by atoms with Crippen LogP contribution >= 0.6 is 22.7 Å². The van der Waals surface area contributed by atoms with Crippen molar-refractivity contribution in [3.05, 3.63) is 119 Å². The third-order valence-corrected chi connectivity index (χ3v) is 10.6. The van der Waals surface area contributed by atoms with Crippen LogP contribution in [0.2, 0.25) is 0 Å². The van der Waals surface area contributed by atoms with E-state index in [1.54, 1.807) is 0 Å². The molecule has 2 aromatic heterocycles.